The van der Waals surface area contributed by atoms with Gasteiger partial charge in [-0.05, 0) is 31.9 Å². The van der Waals surface area contributed by atoms with E-state index in [-0.39, 0.29) is 17.2 Å². The zero-order chi connectivity index (χ0) is 20.1. The number of sulfonamides is 1. The van der Waals surface area contributed by atoms with Crippen LogP contribution >= 0.6 is 0 Å². The van der Waals surface area contributed by atoms with Crippen molar-refractivity contribution in [2.45, 2.75) is 39.3 Å². The van der Waals surface area contributed by atoms with Crippen molar-refractivity contribution in [3.05, 3.63) is 29.8 Å². The van der Waals surface area contributed by atoms with Crippen LogP contribution in [0.15, 0.2) is 24.3 Å². The summed E-state index contributed by atoms with van der Waals surface area (Å²) in [4.78, 5) is 24.6. The standard InChI is InChI=1S/C17H23N3O5S/c1-11(2)17(4,10-18)19-15(21)12(3)25-16(22)13-8-6-7-9-14(13)20-26(5,23)24/h6-9,11-12,20H,1-5H3,(H,19,21). The molecule has 0 aliphatic carbocycles. The van der Waals surface area contributed by atoms with Gasteiger partial charge in [-0.25, -0.2) is 13.2 Å². The van der Waals surface area contributed by atoms with Crippen LogP contribution in [-0.4, -0.2) is 38.2 Å². The third-order valence-electron chi connectivity index (χ3n) is 3.87. The third kappa shape index (κ3) is 5.74. The summed E-state index contributed by atoms with van der Waals surface area (Å²) in [6.07, 6.45) is -0.208. The second-order valence-corrected chi connectivity index (χ2v) is 8.17. The fraction of sp³-hybridized carbons (Fsp3) is 0.471. The molecule has 0 heterocycles. The summed E-state index contributed by atoms with van der Waals surface area (Å²) in [5.41, 5.74) is -1.07. The molecule has 1 aromatic rings. The number of ether oxygens (including phenoxy) is 1. The SMILES string of the molecule is CC(OC(=O)c1ccccc1NS(C)(=O)=O)C(=O)NC(C)(C#N)C(C)C. The van der Waals surface area contributed by atoms with Gasteiger partial charge < -0.3 is 10.1 Å². The molecule has 9 heteroatoms. The molecule has 2 atom stereocenters. The van der Waals surface area contributed by atoms with Gasteiger partial charge in [-0.1, -0.05) is 26.0 Å². The molecule has 142 valence electrons. The summed E-state index contributed by atoms with van der Waals surface area (Å²) < 4.78 is 30.2. The number of anilines is 1. The van der Waals surface area contributed by atoms with Crippen LogP contribution in [0.5, 0.6) is 0 Å². The van der Waals surface area contributed by atoms with Crippen molar-refractivity contribution in [2.24, 2.45) is 5.92 Å². The number of hydrogen-bond donors (Lipinski definition) is 2. The Morgan fingerprint density at radius 3 is 2.31 bits per heavy atom. The van der Waals surface area contributed by atoms with Crippen LogP contribution in [-0.2, 0) is 19.6 Å². The van der Waals surface area contributed by atoms with Gasteiger partial charge >= 0.3 is 5.97 Å². The molecule has 1 rings (SSSR count). The molecule has 0 saturated carbocycles. The number of nitriles is 1. The summed E-state index contributed by atoms with van der Waals surface area (Å²) in [7, 11) is -3.59. The van der Waals surface area contributed by atoms with Gasteiger partial charge in [0, 0.05) is 0 Å². The second kappa shape index (κ2) is 8.19. The van der Waals surface area contributed by atoms with E-state index in [1.54, 1.807) is 32.9 Å². The fourth-order valence-electron chi connectivity index (χ4n) is 1.89. The predicted octanol–water partition coefficient (Wildman–Crippen LogP) is 1.66. The van der Waals surface area contributed by atoms with E-state index in [1.165, 1.54) is 19.1 Å². The average molecular weight is 381 g/mol. The van der Waals surface area contributed by atoms with E-state index in [2.05, 4.69) is 10.0 Å². The first-order valence-electron chi connectivity index (χ1n) is 7.90. The van der Waals surface area contributed by atoms with Crippen molar-refractivity contribution >= 4 is 27.6 Å². The first-order valence-corrected chi connectivity index (χ1v) is 9.80. The number of benzene rings is 1. The minimum Gasteiger partial charge on any atom is -0.449 e. The molecular weight excluding hydrogens is 358 g/mol. The number of para-hydroxylation sites is 1. The van der Waals surface area contributed by atoms with Crippen molar-refractivity contribution in [1.82, 2.24) is 5.32 Å². The summed E-state index contributed by atoms with van der Waals surface area (Å²) in [6, 6.07) is 7.93. The van der Waals surface area contributed by atoms with E-state index in [0.717, 1.165) is 6.26 Å². The number of nitrogens with zero attached hydrogens (tertiary/aromatic N) is 1. The van der Waals surface area contributed by atoms with Crippen LogP contribution in [0.25, 0.3) is 0 Å². The summed E-state index contributed by atoms with van der Waals surface area (Å²) in [6.45, 7) is 6.52. The number of carbonyl (C=O) groups is 2. The zero-order valence-corrected chi connectivity index (χ0v) is 16.2. The molecule has 1 aromatic carbocycles. The summed E-state index contributed by atoms with van der Waals surface area (Å²) >= 11 is 0. The Kier molecular flexibility index (Phi) is 6.75. The molecule has 1 amide bonds. The Morgan fingerprint density at radius 2 is 1.81 bits per heavy atom. The molecule has 0 radical (unpaired) electrons. The van der Waals surface area contributed by atoms with Crippen LogP contribution < -0.4 is 10.0 Å². The summed E-state index contributed by atoms with van der Waals surface area (Å²) in [5, 5.41) is 11.8. The van der Waals surface area contributed by atoms with E-state index in [4.69, 9.17) is 4.74 Å². The Bertz CT molecular complexity index is 829. The lowest BCUT2D eigenvalue weighted by Gasteiger charge is -2.28. The first-order chi connectivity index (χ1) is 11.9. The lowest BCUT2D eigenvalue weighted by molar-refractivity contribution is -0.130. The summed E-state index contributed by atoms with van der Waals surface area (Å²) in [5.74, 6) is -1.63. The van der Waals surface area contributed by atoms with Gasteiger partial charge in [0.15, 0.2) is 6.10 Å². The van der Waals surface area contributed by atoms with Crippen LogP contribution in [0.3, 0.4) is 0 Å². The van der Waals surface area contributed by atoms with E-state index in [0.29, 0.717) is 0 Å². The maximum atomic E-state index is 12.3. The predicted molar refractivity (Wildman–Crippen MR) is 96.8 cm³/mol. The zero-order valence-electron chi connectivity index (χ0n) is 15.4. The maximum absolute atomic E-state index is 12.3. The molecular formula is C17H23N3O5S. The topological polar surface area (TPSA) is 125 Å². The van der Waals surface area contributed by atoms with Gasteiger partial charge in [0.2, 0.25) is 10.0 Å². The number of nitrogens with one attached hydrogen (secondary N) is 2. The van der Waals surface area contributed by atoms with E-state index in [1.807, 2.05) is 6.07 Å². The molecule has 0 aliphatic rings. The minimum atomic E-state index is -3.59. The number of rotatable bonds is 7. The van der Waals surface area contributed by atoms with Gasteiger partial charge in [-0.2, -0.15) is 5.26 Å². The molecule has 0 aliphatic heterocycles. The highest BCUT2D eigenvalue weighted by Gasteiger charge is 2.32. The molecule has 2 N–H and O–H groups in total. The third-order valence-corrected chi connectivity index (χ3v) is 4.46. The normalized spacial score (nSPS) is 14.7. The van der Waals surface area contributed by atoms with Crippen molar-refractivity contribution < 1.29 is 22.7 Å². The molecule has 0 saturated heterocycles. The molecule has 0 fully saturated rings. The maximum Gasteiger partial charge on any atom is 0.341 e. The lowest BCUT2D eigenvalue weighted by atomic mass is 9.90. The highest BCUT2D eigenvalue weighted by Crippen LogP contribution is 2.19. The van der Waals surface area contributed by atoms with Crippen molar-refractivity contribution in [3.63, 3.8) is 0 Å². The van der Waals surface area contributed by atoms with Crippen LogP contribution in [0.4, 0.5) is 5.69 Å². The first kappa shape index (κ1) is 21.4. The van der Waals surface area contributed by atoms with Gasteiger partial charge in [0.05, 0.1) is 23.6 Å². The van der Waals surface area contributed by atoms with Gasteiger partial charge in [0.1, 0.15) is 5.54 Å². The van der Waals surface area contributed by atoms with Crippen LogP contribution in [0.2, 0.25) is 0 Å². The Hall–Kier alpha value is -2.60. The van der Waals surface area contributed by atoms with E-state index in [9.17, 15) is 23.3 Å². The van der Waals surface area contributed by atoms with Crippen LogP contribution in [0.1, 0.15) is 38.1 Å². The molecule has 2 unspecified atom stereocenters. The Labute approximate surface area is 153 Å². The molecule has 26 heavy (non-hydrogen) atoms. The molecule has 0 aromatic heterocycles. The van der Waals surface area contributed by atoms with Gasteiger partial charge in [-0.15, -0.1) is 0 Å². The average Bonchev–Trinajstić information content (AvgIpc) is 2.53. The lowest BCUT2D eigenvalue weighted by Crippen LogP contribution is -2.52. The highest BCUT2D eigenvalue weighted by atomic mass is 32.2. The smallest absolute Gasteiger partial charge is 0.341 e. The van der Waals surface area contributed by atoms with Gasteiger partial charge in [-0.3, -0.25) is 9.52 Å². The molecule has 0 spiro atoms. The van der Waals surface area contributed by atoms with Crippen molar-refractivity contribution in [3.8, 4) is 6.07 Å². The Balaban J connectivity index is 2.92. The van der Waals surface area contributed by atoms with E-state index < -0.39 is 33.5 Å². The molecule has 8 nitrogen and oxygen atoms in total. The number of hydrogen-bond acceptors (Lipinski definition) is 6. The molecule has 0 bridgehead atoms. The van der Waals surface area contributed by atoms with Crippen LogP contribution in [0, 0.1) is 17.2 Å². The van der Waals surface area contributed by atoms with Crippen molar-refractivity contribution in [2.75, 3.05) is 11.0 Å². The van der Waals surface area contributed by atoms with Crippen molar-refractivity contribution in [1.29, 1.82) is 5.26 Å². The monoisotopic (exact) mass is 381 g/mol. The number of carbonyl (C=O) groups excluding carboxylic acids is 2. The van der Waals surface area contributed by atoms with E-state index >= 15 is 0 Å². The minimum absolute atomic E-state index is 0.0236. The van der Waals surface area contributed by atoms with Gasteiger partial charge in [0.25, 0.3) is 5.91 Å². The quantitative estimate of drug-likeness (QED) is 0.692. The fourth-order valence-corrected chi connectivity index (χ4v) is 2.46. The Morgan fingerprint density at radius 1 is 1.23 bits per heavy atom. The highest BCUT2D eigenvalue weighted by molar-refractivity contribution is 7.92. The number of esters is 1. The second-order valence-electron chi connectivity index (χ2n) is 6.43. The number of amides is 1. The largest absolute Gasteiger partial charge is 0.449 e.